The third kappa shape index (κ3) is 5.20. The Bertz CT molecular complexity index is 1230. The number of nitrogens with one attached hydrogen (secondary N) is 1. The lowest BCUT2D eigenvalue weighted by Crippen LogP contribution is -2.36. The molecule has 1 heterocycles. The number of amides is 3. The first-order valence-corrected chi connectivity index (χ1v) is 12.3. The molecule has 11 heteroatoms. The number of hydrogen-bond acceptors (Lipinski definition) is 8. The molecule has 0 radical (unpaired) electrons. The second-order valence-electron chi connectivity index (χ2n) is 7.70. The van der Waals surface area contributed by atoms with Crippen molar-refractivity contribution in [3.8, 4) is 11.5 Å². The smallest absolute Gasteiger partial charge is 0.263 e. The van der Waals surface area contributed by atoms with E-state index in [1.807, 2.05) is 0 Å². The second-order valence-corrected chi connectivity index (χ2v) is 9.93. The fourth-order valence-corrected chi connectivity index (χ4v) is 4.75. The first-order valence-electron chi connectivity index (χ1n) is 10.3. The SMILES string of the molecule is COCCOc1cc(C(CN2C(=O)c3cccc(NC(C)=O)c3C2=O)S(C)(=O)=O)ccc1OC. The molecule has 2 aromatic rings. The maximum absolute atomic E-state index is 13.1. The minimum atomic E-state index is -3.77. The van der Waals surface area contributed by atoms with Gasteiger partial charge in [0, 0.05) is 20.3 Å². The zero-order valence-corrected chi connectivity index (χ0v) is 20.1. The molecule has 2 aromatic carbocycles. The van der Waals surface area contributed by atoms with Gasteiger partial charge in [-0.1, -0.05) is 12.1 Å². The molecule has 3 rings (SSSR count). The molecule has 10 nitrogen and oxygen atoms in total. The van der Waals surface area contributed by atoms with E-state index in [1.54, 1.807) is 18.2 Å². The Labute approximate surface area is 197 Å². The molecule has 1 atom stereocenters. The van der Waals surface area contributed by atoms with Gasteiger partial charge in [-0.05, 0) is 29.8 Å². The number of carbonyl (C=O) groups excluding carboxylic acids is 3. The normalized spacial score (nSPS) is 14.1. The Morgan fingerprint density at radius 3 is 2.41 bits per heavy atom. The van der Waals surface area contributed by atoms with Gasteiger partial charge < -0.3 is 19.5 Å². The molecule has 0 aliphatic carbocycles. The summed E-state index contributed by atoms with van der Waals surface area (Å²) in [5, 5.41) is 1.33. The summed E-state index contributed by atoms with van der Waals surface area (Å²) in [7, 11) is -0.787. The van der Waals surface area contributed by atoms with E-state index in [-0.39, 0.29) is 23.4 Å². The van der Waals surface area contributed by atoms with Crippen molar-refractivity contribution < 1.29 is 37.0 Å². The summed E-state index contributed by atoms with van der Waals surface area (Å²) in [6, 6.07) is 9.14. The number of methoxy groups -OCH3 is 2. The van der Waals surface area contributed by atoms with Gasteiger partial charge in [-0.3, -0.25) is 19.3 Å². The van der Waals surface area contributed by atoms with E-state index in [0.29, 0.717) is 23.7 Å². The van der Waals surface area contributed by atoms with Gasteiger partial charge in [0.25, 0.3) is 11.8 Å². The number of ether oxygens (including phenoxy) is 3. The lowest BCUT2D eigenvalue weighted by atomic mass is 10.1. The fourth-order valence-electron chi connectivity index (χ4n) is 3.69. The number of carbonyl (C=O) groups is 3. The van der Waals surface area contributed by atoms with Crippen LogP contribution in [0.4, 0.5) is 5.69 Å². The van der Waals surface area contributed by atoms with Gasteiger partial charge in [-0.25, -0.2) is 8.42 Å². The third-order valence-corrected chi connectivity index (χ3v) is 6.73. The molecule has 1 N–H and O–H groups in total. The summed E-state index contributed by atoms with van der Waals surface area (Å²) < 4.78 is 41.4. The number of nitrogens with zero attached hydrogens (tertiary/aromatic N) is 1. The van der Waals surface area contributed by atoms with Gasteiger partial charge in [0.15, 0.2) is 21.3 Å². The molecule has 0 aromatic heterocycles. The molecule has 3 amide bonds. The van der Waals surface area contributed by atoms with Crippen molar-refractivity contribution in [3.63, 3.8) is 0 Å². The number of benzene rings is 2. The van der Waals surface area contributed by atoms with Crippen LogP contribution in [-0.2, 0) is 19.4 Å². The molecular formula is C23H26N2O8S. The highest BCUT2D eigenvalue weighted by Gasteiger charge is 2.40. The zero-order valence-electron chi connectivity index (χ0n) is 19.3. The summed E-state index contributed by atoms with van der Waals surface area (Å²) in [5.74, 6) is -1.01. The van der Waals surface area contributed by atoms with Crippen LogP contribution in [0.2, 0.25) is 0 Å². The van der Waals surface area contributed by atoms with Crippen molar-refractivity contribution in [1.29, 1.82) is 0 Å². The van der Waals surface area contributed by atoms with E-state index in [1.165, 1.54) is 39.3 Å². The Hall–Kier alpha value is -3.44. The summed E-state index contributed by atoms with van der Waals surface area (Å²) in [6.07, 6.45) is 1.04. The van der Waals surface area contributed by atoms with Crippen LogP contribution in [0, 0.1) is 0 Å². The minimum absolute atomic E-state index is 0.0354. The van der Waals surface area contributed by atoms with Crippen LogP contribution < -0.4 is 14.8 Å². The first kappa shape index (κ1) is 25.2. The fraction of sp³-hybridized carbons (Fsp3) is 0.348. The molecule has 1 aliphatic rings. The standard InChI is InChI=1S/C23H26N2O8S/c1-14(26)24-17-7-5-6-16-21(17)23(28)25(22(16)27)13-20(34(4,29)30)15-8-9-18(32-3)19(12-15)33-11-10-31-2/h5-9,12,20H,10-11,13H2,1-4H3,(H,24,26). The van der Waals surface area contributed by atoms with Crippen molar-refractivity contribution in [3.05, 3.63) is 53.1 Å². The molecular weight excluding hydrogens is 464 g/mol. The van der Waals surface area contributed by atoms with Crippen LogP contribution >= 0.6 is 0 Å². The van der Waals surface area contributed by atoms with Crippen LogP contribution in [0.1, 0.15) is 38.5 Å². The van der Waals surface area contributed by atoms with Crippen LogP contribution in [0.3, 0.4) is 0 Å². The highest BCUT2D eigenvalue weighted by Crippen LogP contribution is 2.36. The van der Waals surface area contributed by atoms with E-state index < -0.39 is 39.4 Å². The molecule has 0 saturated heterocycles. The predicted octanol–water partition coefficient (Wildman–Crippen LogP) is 2.06. The van der Waals surface area contributed by atoms with Crippen LogP contribution in [0.25, 0.3) is 0 Å². The van der Waals surface area contributed by atoms with E-state index in [9.17, 15) is 22.8 Å². The molecule has 182 valence electrons. The quantitative estimate of drug-likeness (QED) is 0.396. The highest BCUT2D eigenvalue weighted by molar-refractivity contribution is 7.91. The van der Waals surface area contributed by atoms with Crippen LogP contribution in [-0.4, -0.2) is 71.3 Å². The molecule has 0 bridgehead atoms. The molecule has 0 saturated carbocycles. The lowest BCUT2D eigenvalue weighted by molar-refractivity contribution is -0.114. The van der Waals surface area contributed by atoms with Gasteiger partial charge >= 0.3 is 0 Å². The summed E-state index contributed by atoms with van der Waals surface area (Å²) >= 11 is 0. The minimum Gasteiger partial charge on any atom is -0.493 e. The molecule has 1 aliphatic heterocycles. The second kappa shape index (κ2) is 10.2. The highest BCUT2D eigenvalue weighted by atomic mass is 32.2. The Balaban J connectivity index is 1.97. The van der Waals surface area contributed by atoms with E-state index in [0.717, 1.165) is 11.2 Å². The largest absolute Gasteiger partial charge is 0.493 e. The van der Waals surface area contributed by atoms with E-state index >= 15 is 0 Å². The maximum atomic E-state index is 13.1. The van der Waals surface area contributed by atoms with Crippen LogP contribution in [0.5, 0.6) is 11.5 Å². The number of anilines is 1. The van der Waals surface area contributed by atoms with Gasteiger partial charge in [0.2, 0.25) is 5.91 Å². The number of sulfone groups is 1. The van der Waals surface area contributed by atoms with Gasteiger partial charge in [0.1, 0.15) is 11.9 Å². The Morgan fingerprint density at radius 2 is 1.79 bits per heavy atom. The molecule has 34 heavy (non-hydrogen) atoms. The maximum Gasteiger partial charge on any atom is 0.263 e. The zero-order chi connectivity index (χ0) is 25.0. The number of hydrogen-bond donors (Lipinski definition) is 1. The van der Waals surface area contributed by atoms with Crippen molar-refractivity contribution in [2.45, 2.75) is 12.2 Å². The summed E-state index contributed by atoms with van der Waals surface area (Å²) in [5.41, 5.74) is 0.657. The first-order chi connectivity index (χ1) is 16.1. The van der Waals surface area contributed by atoms with E-state index in [4.69, 9.17) is 14.2 Å². The van der Waals surface area contributed by atoms with Crippen molar-refractivity contribution in [2.24, 2.45) is 0 Å². The number of imide groups is 1. The molecule has 0 fully saturated rings. The molecule has 1 unspecified atom stereocenters. The van der Waals surface area contributed by atoms with Crippen molar-refractivity contribution in [1.82, 2.24) is 4.90 Å². The number of rotatable bonds is 10. The average Bonchev–Trinajstić information content (AvgIpc) is 3.01. The summed E-state index contributed by atoms with van der Waals surface area (Å²) in [6.45, 7) is 1.40. The predicted molar refractivity (Wildman–Crippen MR) is 124 cm³/mol. The van der Waals surface area contributed by atoms with E-state index in [2.05, 4.69) is 5.32 Å². The average molecular weight is 491 g/mol. The summed E-state index contributed by atoms with van der Waals surface area (Å²) in [4.78, 5) is 38.6. The van der Waals surface area contributed by atoms with Gasteiger partial charge in [-0.2, -0.15) is 0 Å². The van der Waals surface area contributed by atoms with Gasteiger partial charge in [-0.15, -0.1) is 0 Å². The number of fused-ring (bicyclic) bond motifs is 1. The topological polar surface area (TPSA) is 128 Å². The Morgan fingerprint density at radius 1 is 1.06 bits per heavy atom. The Kier molecular flexibility index (Phi) is 7.57. The van der Waals surface area contributed by atoms with Gasteiger partial charge in [0.05, 0.1) is 37.1 Å². The third-order valence-electron chi connectivity index (χ3n) is 5.28. The van der Waals surface area contributed by atoms with Crippen molar-refractivity contribution in [2.75, 3.05) is 45.6 Å². The molecule has 0 spiro atoms. The monoisotopic (exact) mass is 490 g/mol. The van der Waals surface area contributed by atoms with Crippen molar-refractivity contribution >= 4 is 33.2 Å². The lowest BCUT2D eigenvalue weighted by Gasteiger charge is -2.23. The van der Waals surface area contributed by atoms with Crippen LogP contribution in [0.15, 0.2) is 36.4 Å².